The standard InChI is InChI=1S/C13H23N3O2S/c1-10-8-12(14)13(9-11(10)2)19(17,18)15-6-5-7-16(3)4/h8-9,15H,5-7,14H2,1-4H3. The Bertz CT molecular complexity index is 539. The summed E-state index contributed by atoms with van der Waals surface area (Å²) in [5.41, 5.74) is 8.01. The van der Waals surface area contributed by atoms with E-state index in [-0.39, 0.29) is 4.90 Å². The summed E-state index contributed by atoms with van der Waals surface area (Å²) in [4.78, 5) is 2.18. The minimum Gasteiger partial charge on any atom is -0.398 e. The number of rotatable bonds is 6. The SMILES string of the molecule is Cc1cc(N)c(S(=O)(=O)NCCCN(C)C)cc1C. The lowest BCUT2D eigenvalue weighted by molar-refractivity contribution is 0.400. The highest BCUT2D eigenvalue weighted by Crippen LogP contribution is 2.22. The number of sulfonamides is 1. The van der Waals surface area contributed by atoms with Gasteiger partial charge in [0.05, 0.1) is 5.69 Å². The van der Waals surface area contributed by atoms with Crippen molar-refractivity contribution in [1.82, 2.24) is 9.62 Å². The number of nitrogens with one attached hydrogen (secondary N) is 1. The summed E-state index contributed by atoms with van der Waals surface area (Å²) < 4.78 is 26.9. The van der Waals surface area contributed by atoms with Crippen LogP contribution in [0.4, 0.5) is 5.69 Å². The fourth-order valence-electron chi connectivity index (χ4n) is 1.72. The van der Waals surface area contributed by atoms with Crippen molar-refractivity contribution in [3.8, 4) is 0 Å². The van der Waals surface area contributed by atoms with Crippen LogP contribution in [0.3, 0.4) is 0 Å². The second kappa shape index (κ2) is 6.36. The van der Waals surface area contributed by atoms with Gasteiger partial charge in [0, 0.05) is 6.54 Å². The molecule has 19 heavy (non-hydrogen) atoms. The number of aryl methyl sites for hydroxylation is 2. The number of hydrogen-bond acceptors (Lipinski definition) is 4. The van der Waals surface area contributed by atoms with E-state index in [1.165, 1.54) is 0 Å². The van der Waals surface area contributed by atoms with Gasteiger partial charge in [-0.15, -0.1) is 0 Å². The average Bonchev–Trinajstić information content (AvgIpc) is 2.29. The zero-order chi connectivity index (χ0) is 14.6. The first-order chi connectivity index (χ1) is 8.74. The fraction of sp³-hybridized carbons (Fsp3) is 0.538. The molecule has 1 rings (SSSR count). The third-order valence-electron chi connectivity index (χ3n) is 2.99. The highest BCUT2D eigenvalue weighted by atomic mass is 32.2. The molecule has 0 aliphatic heterocycles. The third-order valence-corrected chi connectivity index (χ3v) is 4.51. The first-order valence-electron chi connectivity index (χ1n) is 6.25. The molecule has 108 valence electrons. The van der Waals surface area contributed by atoms with E-state index >= 15 is 0 Å². The van der Waals surface area contributed by atoms with E-state index < -0.39 is 10.0 Å². The maximum absolute atomic E-state index is 12.2. The van der Waals surface area contributed by atoms with Crippen molar-refractivity contribution >= 4 is 15.7 Å². The molecule has 0 saturated heterocycles. The largest absolute Gasteiger partial charge is 0.398 e. The van der Waals surface area contributed by atoms with E-state index in [4.69, 9.17) is 5.73 Å². The van der Waals surface area contributed by atoms with Gasteiger partial charge < -0.3 is 10.6 Å². The van der Waals surface area contributed by atoms with Crippen LogP contribution in [0.5, 0.6) is 0 Å². The molecule has 0 amide bonds. The number of nitrogen functional groups attached to an aromatic ring is 1. The number of hydrogen-bond donors (Lipinski definition) is 2. The monoisotopic (exact) mass is 285 g/mol. The first kappa shape index (κ1) is 15.9. The topological polar surface area (TPSA) is 75.4 Å². The molecule has 5 nitrogen and oxygen atoms in total. The van der Waals surface area contributed by atoms with E-state index in [0.717, 1.165) is 24.1 Å². The average molecular weight is 285 g/mol. The maximum Gasteiger partial charge on any atom is 0.242 e. The van der Waals surface area contributed by atoms with Crippen LogP contribution in [0.25, 0.3) is 0 Å². The van der Waals surface area contributed by atoms with Crippen LogP contribution in [0.2, 0.25) is 0 Å². The van der Waals surface area contributed by atoms with Crippen LogP contribution in [0, 0.1) is 13.8 Å². The second-order valence-electron chi connectivity index (χ2n) is 5.03. The van der Waals surface area contributed by atoms with Gasteiger partial charge in [-0.3, -0.25) is 0 Å². The van der Waals surface area contributed by atoms with E-state index in [2.05, 4.69) is 4.72 Å². The Morgan fingerprint density at radius 3 is 2.37 bits per heavy atom. The van der Waals surface area contributed by atoms with Gasteiger partial charge in [0.25, 0.3) is 0 Å². The van der Waals surface area contributed by atoms with Crippen LogP contribution in [-0.2, 0) is 10.0 Å². The highest BCUT2D eigenvalue weighted by Gasteiger charge is 2.17. The molecule has 1 aromatic carbocycles. The Balaban J connectivity index is 2.80. The zero-order valence-corrected chi connectivity index (χ0v) is 12.8. The lowest BCUT2D eigenvalue weighted by Gasteiger charge is -2.13. The summed E-state index contributed by atoms with van der Waals surface area (Å²) in [6.45, 7) is 5.03. The third kappa shape index (κ3) is 4.49. The first-order valence-corrected chi connectivity index (χ1v) is 7.73. The van der Waals surface area contributed by atoms with Gasteiger partial charge in [-0.2, -0.15) is 0 Å². The van der Waals surface area contributed by atoms with Crippen molar-refractivity contribution in [2.24, 2.45) is 0 Å². The summed E-state index contributed by atoms with van der Waals surface area (Å²) in [5.74, 6) is 0. The molecule has 0 fully saturated rings. The lowest BCUT2D eigenvalue weighted by atomic mass is 10.1. The predicted octanol–water partition coefficient (Wildman–Crippen LogP) is 1.12. The van der Waals surface area contributed by atoms with Gasteiger partial charge in [0.2, 0.25) is 10.0 Å². The molecule has 3 N–H and O–H groups in total. The number of nitrogens with zero attached hydrogens (tertiary/aromatic N) is 1. The van der Waals surface area contributed by atoms with Crippen molar-refractivity contribution in [3.05, 3.63) is 23.3 Å². The normalized spacial score (nSPS) is 12.1. The predicted molar refractivity (Wildman–Crippen MR) is 78.7 cm³/mol. The second-order valence-corrected chi connectivity index (χ2v) is 6.76. The molecule has 1 aromatic rings. The van der Waals surface area contributed by atoms with E-state index in [0.29, 0.717) is 12.2 Å². The van der Waals surface area contributed by atoms with Crippen LogP contribution < -0.4 is 10.5 Å². The molecule has 0 spiro atoms. The number of anilines is 1. The van der Waals surface area contributed by atoms with Gasteiger partial charge in [0.15, 0.2) is 0 Å². The molecule has 0 radical (unpaired) electrons. The van der Waals surface area contributed by atoms with E-state index in [9.17, 15) is 8.42 Å². The Hall–Kier alpha value is -1.11. The highest BCUT2D eigenvalue weighted by molar-refractivity contribution is 7.89. The summed E-state index contributed by atoms with van der Waals surface area (Å²) in [6, 6.07) is 3.32. The van der Waals surface area contributed by atoms with Crippen LogP contribution in [0.1, 0.15) is 17.5 Å². The van der Waals surface area contributed by atoms with Crippen LogP contribution in [-0.4, -0.2) is 40.5 Å². The Labute approximate surface area is 115 Å². The molecule has 0 bridgehead atoms. The molecule has 6 heteroatoms. The van der Waals surface area contributed by atoms with Gasteiger partial charge in [-0.25, -0.2) is 13.1 Å². The molecule has 0 atom stereocenters. The van der Waals surface area contributed by atoms with Gasteiger partial charge in [0.1, 0.15) is 4.90 Å². The van der Waals surface area contributed by atoms with Crippen LogP contribution in [0.15, 0.2) is 17.0 Å². The molecular weight excluding hydrogens is 262 g/mol. The Kier molecular flexibility index (Phi) is 5.34. The molecular formula is C13H23N3O2S. The van der Waals surface area contributed by atoms with Crippen molar-refractivity contribution in [3.63, 3.8) is 0 Å². The van der Waals surface area contributed by atoms with E-state index in [1.807, 2.05) is 32.8 Å². The Morgan fingerprint density at radius 2 is 1.79 bits per heavy atom. The summed E-state index contributed by atoms with van der Waals surface area (Å²) >= 11 is 0. The molecule has 0 aliphatic rings. The van der Waals surface area contributed by atoms with Crippen molar-refractivity contribution < 1.29 is 8.42 Å². The summed E-state index contributed by atoms with van der Waals surface area (Å²) in [5, 5.41) is 0. The quantitative estimate of drug-likeness (QED) is 0.606. The molecule has 0 unspecified atom stereocenters. The minimum atomic E-state index is -3.52. The van der Waals surface area contributed by atoms with Crippen LogP contribution >= 0.6 is 0 Å². The van der Waals surface area contributed by atoms with Gasteiger partial charge in [-0.05, 0) is 64.2 Å². The summed E-state index contributed by atoms with van der Waals surface area (Å²) in [7, 11) is 0.387. The zero-order valence-electron chi connectivity index (χ0n) is 12.0. The maximum atomic E-state index is 12.2. The lowest BCUT2D eigenvalue weighted by Crippen LogP contribution is -2.28. The van der Waals surface area contributed by atoms with E-state index in [1.54, 1.807) is 12.1 Å². The fourth-order valence-corrected chi connectivity index (χ4v) is 2.99. The van der Waals surface area contributed by atoms with Gasteiger partial charge in [-0.1, -0.05) is 0 Å². The summed E-state index contributed by atoms with van der Waals surface area (Å²) in [6.07, 6.45) is 0.761. The van der Waals surface area contributed by atoms with Crippen molar-refractivity contribution in [1.29, 1.82) is 0 Å². The molecule has 0 saturated carbocycles. The molecule has 0 aliphatic carbocycles. The van der Waals surface area contributed by atoms with Crippen molar-refractivity contribution in [2.75, 3.05) is 32.9 Å². The molecule has 0 heterocycles. The smallest absolute Gasteiger partial charge is 0.242 e. The number of benzene rings is 1. The molecule has 0 aromatic heterocycles. The van der Waals surface area contributed by atoms with Crippen molar-refractivity contribution in [2.45, 2.75) is 25.2 Å². The van der Waals surface area contributed by atoms with Gasteiger partial charge >= 0.3 is 0 Å². The Morgan fingerprint density at radius 1 is 1.21 bits per heavy atom. The minimum absolute atomic E-state index is 0.167. The number of nitrogens with two attached hydrogens (primary N) is 1.